The fourth-order valence-electron chi connectivity index (χ4n) is 0.859. The van der Waals surface area contributed by atoms with Gasteiger partial charge in [-0.1, -0.05) is 20.8 Å². The molecule has 0 atom stereocenters. The normalized spacial score (nSPS) is 10.9. The van der Waals surface area contributed by atoms with Crippen LogP contribution in [-0.2, 0) is 31.5 Å². The van der Waals surface area contributed by atoms with Gasteiger partial charge in [-0.2, -0.15) is 0 Å². The second-order valence-corrected chi connectivity index (χ2v) is 4.10. The summed E-state index contributed by atoms with van der Waals surface area (Å²) in [7, 11) is 0. The summed E-state index contributed by atoms with van der Waals surface area (Å²) in [5.74, 6) is -1.12. The van der Waals surface area contributed by atoms with Crippen molar-refractivity contribution in [2.75, 3.05) is 0 Å². The molecule has 0 aliphatic heterocycles. The molecule has 0 rings (SSSR count). The maximum absolute atomic E-state index is 9.98. The van der Waals surface area contributed by atoms with E-state index in [0.717, 1.165) is 18.2 Å². The number of allylic oxidation sites excluding steroid dienone is 6. The Labute approximate surface area is 141 Å². The van der Waals surface area contributed by atoms with Crippen molar-refractivity contribution in [2.45, 2.75) is 41.5 Å². The van der Waals surface area contributed by atoms with E-state index in [1.165, 1.54) is 41.5 Å². The fourth-order valence-corrected chi connectivity index (χ4v) is 0.859. The van der Waals surface area contributed by atoms with Crippen molar-refractivity contribution >= 4 is 17.3 Å². The molecule has 0 heterocycles. The summed E-state index contributed by atoms with van der Waals surface area (Å²) in [6.45, 7) is 8.09. The molecule has 0 fully saturated rings. The summed E-state index contributed by atoms with van der Waals surface area (Å²) >= 11 is 0. The van der Waals surface area contributed by atoms with Crippen LogP contribution in [0.2, 0.25) is 0 Å². The average Bonchev–Trinajstić information content (AvgIpc) is 2.10. The number of rotatable bonds is 3. The van der Waals surface area contributed by atoms with Crippen LogP contribution in [0, 0.1) is 0 Å². The topological polar surface area (TPSA) is 120 Å². The van der Waals surface area contributed by atoms with Gasteiger partial charge in [0, 0.05) is 0 Å². The van der Waals surface area contributed by atoms with Crippen molar-refractivity contribution in [3.05, 3.63) is 35.5 Å². The zero-order valence-corrected chi connectivity index (χ0v) is 14.6. The molecule has 0 amide bonds. The van der Waals surface area contributed by atoms with Gasteiger partial charge < -0.3 is 15.3 Å². The summed E-state index contributed by atoms with van der Waals surface area (Å²) in [5.41, 5.74) is 0. The molecule has 22 heavy (non-hydrogen) atoms. The van der Waals surface area contributed by atoms with E-state index >= 15 is 0 Å². The van der Waals surface area contributed by atoms with E-state index in [-0.39, 0.29) is 51.7 Å². The van der Waals surface area contributed by atoms with Crippen LogP contribution in [0.3, 0.4) is 0 Å². The second-order valence-electron chi connectivity index (χ2n) is 4.10. The zero-order chi connectivity index (χ0) is 17.6. The van der Waals surface area contributed by atoms with Gasteiger partial charge in [0.1, 0.15) is 0 Å². The SMILES string of the molecule is CC(=O)/C=C(/C)[O-].CC(=O)/C=C(/C)[O-].CC(=O)/C=C(/C)[O-].[Fe+2]. The molecule has 0 saturated heterocycles. The molecule has 0 bridgehead atoms. The average molecular weight is 353 g/mol. The predicted octanol–water partition coefficient (Wildman–Crippen LogP) is -0.484. The van der Waals surface area contributed by atoms with Crippen molar-refractivity contribution < 1.29 is 46.8 Å². The molecule has 0 aliphatic carbocycles. The van der Waals surface area contributed by atoms with Gasteiger partial charge in [-0.15, -0.1) is 17.3 Å². The fraction of sp³-hybridized carbons (Fsp3) is 0.400. The van der Waals surface area contributed by atoms with Crippen molar-refractivity contribution in [3.63, 3.8) is 0 Å². The van der Waals surface area contributed by atoms with Gasteiger partial charge in [0.2, 0.25) is 0 Å². The van der Waals surface area contributed by atoms with Crippen molar-refractivity contribution in [2.24, 2.45) is 0 Å². The number of hydrogen-bond acceptors (Lipinski definition) is 6. The third kappa shape index (κ3) is 51.8. The van der Waals surface area contributed by atoms with Crippen LogP contribution in [0.25, 0.3) is 0 Å². The third-order valence-corrected chi connectivity index (χ3v) is 1.22. The van der Waals surface area contributed by atoms with Crippen molar-refractivity contribution in [1.82, 2.24) is 0 Å². The zero-order valence-electron chi connectivity index (χ0n) is 13.5. The van der Waals surface area contributed by atoms with E-state index in [4.69, 9.17) is 0 Å². The minimum Gasteiger partial charge on any atom is -0.876 e. The molecule has 126 valence electrons. The van der Waals surface area contributed by atoms with Crippen LogP contribution in [0.1, 0.15) is 41.5 Å². The van der Waals surface area contributed by atoms with E-state index in [1.807, 2.05) is 0 Å². The Morgan fingerprint density at radius 3 is 0.682 bits per heavy atom. The first-order valence-corrected chi connectivity index (χ1v) is 5.96. The minimum absolute atomic E-state index is 0. The van der Waals surface area contributed by atoms with Crippen LogP contribution in [0.15, 0.2) is 35.5 Å². The Bertz CT molecular complexity index is 368. The Balaban J connectivity index is -0.000000108. The number of hydrogen-bond donors (Lipinski definition) is 0. The summed E-state index contributed by atoms with van der Waals surface area (Å²) in [5, 5.41) is 29.9. The Morgan fingerprint density at radius 1 is 0.545 bits per heavy atom. The number of ketones is 3. The molecule has 0 aromatic heterocycles. The van der Waals surface area contributed by atoms with Gasteiger partial charge in [0.05, 0.1) is 0 Å². The van der Waals surface area contributed by atoms with Gasteiger partial charge in [-0.3, -0.25) is 14.4 Å². The van der Waals surface area contributed by atoms with Crippen LogP contribution >= 0.6 is 0 Å². The summed E-state index contributed by atoms with van der Waals surface area (Å²) in [4.78, 5) is 29.9. The van der Waals surface area contributed by atoms with Crippen LogP contribution in [0.5, 0.6) is 0 Å². The van der Waals surface area contributed by atoms with E-state index in [0.29, 0.717) is 0 Å². The second kappa shape index (κ2) is 17.2. The largest absolute Gasteiger partial charge is 2.00 e. The van der Waals surface area contributed by atoms with Crippen LogP contribution in [-0.4, -0.2) is 17.3 Å². The monoisotopic (exact) mass is 353 g/mol. The molecule has 0 aromatic carbocycles. The smallest absolute Gasteiger partial charge is 0.876 e. The predicted molar refractivity (Wildman–Crippen MR) is 73.3 cm³/mol. The maximum Gasteiger partial charge on any atom is 2.00 e. The molecule has 0 unspecified atom stereocenters. The first kappa shape index (κ1) is 28.3. The van der Waals surface area contributed by atoms with Crippen LogP contribution < -0.4 is 15.3 Å². The first-order valence-electron chi connectivity index (χ1n) is 5.96. The molecule has 0 saturated carbocycles. The van der Waals surface area contributed by atoms with Gasteiger partial charge in [0.25, 0.3) is 0 Å². The number of carbonyl (C=O) groups is 3. The maximum atomic E-state index is 9.98. The van der Waals surface area contributed by atoms with Crippen LogP contribution in [0.4, 0.5) is 0 Å². The van der Waals surface area contributed by atoms with Crippen molar-refractivity contribution in [1.29, 1.82) is 0 Å². The molecule has 0 N–H and O–H groups in total. The Hall–Kier alpha value is -1.85. The van der Waals surface area contributed by atoms with E-state index in [1.54, 1.807) is 0 Å². The van der Waals surface area contributed by atoms with E-state index < -0.39 is 0 Å². The molecule has 0 spiro atoms. The van der Waals surface area contributed by atoms with Gasteiger partial charge in [-0.05, 0) is 39.0 Å². The first-order chi connectivity index (χ1) is 9.38. The number of carbonyl (C=O) groups excluding carboxylic acids is 3. The van der Waals surface area contributed by atoms with Gasteiger partial charge in [-0.25, -0.2) is 0 Å². The van der Waals surface area contributed by atoms with Crippen molar-refractivity contribution in [3.8, 4) is 0 Å². The molecule has 0 aromatic rings. The standard InChI is InChI=1S/3C5H8O2.Fe/c3*1-4(6)3-5(2)7;/h3*3,6H,1-2H3;/q;;;+2/p-3/b3*4-3-;. The molecule has 0 radical (unpaired) electrons. The summed E-state index contributed by atoms with van der Waals surface area (Å²) < 4.78 is 0. The Kier molecular flexibility index (Phi) is 22.2. The van der Waals surface area contributed by atoms with E-state index in [2.05, 4.69) is 0 Å². The minimum atomic E-state index is -0.187. The van der Waals surface area contributed by atoms with Gasteiger partial charge in [0.15, 0.2) is 17.3 Å². The quantitative estimate of drug-likeness (QED) is 0.384. The molecule has 6 nitrogen and oxygen atoms in total. The summed E-state index contributed by atoms with van der Waals surface area (Å²) in [6.07, 6.45) is 3.17. The molecular formula is C15H21FeO6-. The van der Waals surface area contributed by atoms with Gasteiger partial charge >= 0.3 is 17.1 Å². The molecular weight excluding hydrogens is 332 g/mol. The Morgan fingerprint density at radius 2 is 0.682 bits per heavy atom. The summed E-state index contributed by atoms with van der Waals surface area (Å²) in [6, 6.07) is 0. The third-order valence-electron chi connectivity index (χ3n) is 1.22. The van der Waals surface area contributed by atoms with E-state index in [9.17, 15) is 29.7 Å². The molecule has 7 heteroatoms. The molecule has 0 aliphatic rings.